The Hall–Kier alpha value is -3.18. The molecule has 4 nitrogen and oxygen atoms in total. The van der Waals surface area contributed by atoms with Crippen molar-refractivity contribution in [1.82, 2.24) is 10.2 Å². The third-order valence-electron chi connectivity index (χ3n) is 5.22. The van der Waals surface area contributed by atoms with Crippen molar-refractivity contribution >= 4 is 23.4 Å². The Morgan fingerprint density at radius 3 is 2.22 bits per heavy atom. The largest absolute Gasteiger partial charge is 0.355 e. The number of hydrogen-bond donors (Lipinski definition) is 1. The highest BCUT2D eigenvalue weighted by Gasteiger charge is 2.30. The van der Waals surface area contributed by atoms with Crippen LogP contribution in [0.2, 0.25) is 5.02 Å². The first-order chi connectivity index (χ1) is 15.5. The maximum absolute atomic E-state index is 14.3. The second-order valence-corrected chi connectivity index (χ2v) is 7.89. The lowest BCUT2D eigenvalue weighted by molar-refractivity contribution is -0.140. The molecule has 0 aliphatic heterocycles. The zero-order valence-corrected chi connectivity index (χ0v) is 18.7. The number of likely N-dealkylation sites (N-methyl/N-ethyl adjacent to an activating group) is 1. The lowest BCUT2D eigenvalue weighted by Gasteiger charge is -2.32. The number of nitrogens with zero attached hydrogens (tertiary/aromatic N) is 1. The van der Waals surface area contributed by atoms with Gasteiger partial charge in [-0.1, -0.05) is 78.3 Å². The molecule has 1 N–H and O–H groups in total. The van der Waals surface area contributed by atoms with E-state index in [9.17, 15) is 14.0 Å². The predicted molar refractivity (Wildman–Crippen MR) is 125 cm³/mol. The molecule has 0 fully saturated rings. The van der Waals surface area contributed by atoms with Gasteiger partial charge in [0, 0.05) is 24.5 Å². The van der Waals surface area contributed by atoms with E-state index in [0.29, 0.717) is 18.0 Å². The highest BCUT2D eigenvalue weighted by atomic mass is 35.5. The predicted octanol–water partition coefficient (Wildman–Crippen LogP) is 4.80. The zero-order valence-electron chi connectivity index (χ0n) is 17.9. The first-order valence-corrected chi connectivity index (χ1v) is 10.9. The summed E-state index contributed by atoms with van der Waals surface area (Å²) in [4.78, 5) is 28.0. The summed E-state index contributed by atoms with van der Waals surface area (Å²) < 4.78 is 14.3. The second-order valence-electron chi connectivity index (χ2n) is 7.48. The fraction of sp³-hybridized carbons (Fsp3) is 0.231. The molecule has 0 aliphatic rings. The van der Waals surface area contributed by atoms with E-state index in [2.05, 4.69) is 5.32 Å². The van der Waals surface area contributed by atoms with Crippen LogP contribution in [0.25, 0.3) is 0 Å². The van der Waals surface area contributed by atoms with E-state index < -0.39 is 11.9 Å². The number of carbonyl (C=O) groups is 2. The lowest BCUT2D eigenvalue weighted by atomic mass is 10.0. The van der Waals surface area contributed by atoms with Gasteiger partial charge in [-0.2, -0.15) is 0 Å². The highest BCUT2D eigenvalue weighted by Crippen LogP contribution is 2.21. The summed E-state index contributed by atoms with van der Waals surface area (Å²) >= 11 is 6.37. The summed E-state index contributed by atoms with van der Waals surface area (Å²) in [6.45, 7) is 2.41. The van der Waals surface area contributed by atoms with Crippen LogP contribution in [0.4, 0.5) is 4.39 Å². The zero-order chi connectivity index (χ0) is 22.9. The van der Waals surface area contributed by atoms with Gasteiger partial charge in [0.25, 0.3) is 0 Å². The summed E-state index contributed by atoms with van der Waals surface area (Å²) in [5.74, 6) is -1.05. The van der Waals surface area contributed by atoms with E-state index in [1.54, 1.807) is 24.3 Å². The molecule has 0 aliphatic carbocycles. The van der Waals surface area contributed by atoms with Crippen molar-refractivity contribution in [2.45, 2.75) is 32.4 Å². The number of carbonyl (C=O) groups excluding carboxylic acids is 2. The lowest BCUT2D eigenvalue weighted by Crippen LogP contribution is -2.51. The Kier molecular flexibility index (Phi) is 8.40. The first-order valence-electron chi connectivity index (χ1n) is 10.6. The number of amides is 2. The van der Waals surface area contributed by atoms with Gasteiger partial charge < -0.3 is 10.2 Å². The maximum atomic E-state index is 14.3. The quantitative estimate of drug-likeness (QED) is 0.507. The summed E-state index contributed by atoms with van der Waals surface area (Å²) in [5.41, 5.74) is 1.93. The van der Waals surface area contributed by atoms with Gasteiger partial charge >= 0.3 is 0 Å². The molecule has 32 heavy (non-hydrogen) atoms. The molecule has 6 heteroatoms. The first kappa shape index (κ1) is 23.5. The van der Waals surface area contributed by atoms with E-state index in [1.165, 1.54) is 11.0 Å². The van der Waals surface area contributed by atoms with E-state index in [4.69, 9.17) is 11.6 Å². The van der Waals surface area contributed by atoms with Crippen LogP contribution in [-0.4, -0.2) is 29.3 Å². The van der Waals surface area contributed by atoms with Crippen LogP contribution < -0.4 is 5.32 Å². The van der Waals surface area contributed by atoms with E-state index >= 15 is 0 Å². The summed E-state index contributed by atoms with van der Waals surface area (Å²) in [6, 6.07) is 22.1. The smallest absolute Gasteiger partial charge is 0.243 e. The van der Waals surface area contributed by atoms with Gasteiger partial charge in [0.2, 0.25) is 11.8 Å². The van der Waals surface area contributed by atoms with Crippen LogP contribution in [0.1, 0.15) is 23.6 Å². The molecule has 166 valence electrons. The average molecular weight is 453 g/mol. The van der Waals surface area contributed by atoms with Crippen LogP contribution in [0.5, 0.6) is 0 Å². The average Bonchev–Trinajstić information content (AvgIpc) is 2.79. The number of hydrogen-bond acceptors (Lipinski definition) is 2. The van der Waals surface area contributed by atoms with Crippen LogP contribution in [0, 0.1) is 5.82 Å². The SMILES string of the molecule is CCNC(=O)[C@@H](Cc1ccccc1)N(Cc1ccccc1Cl)C(=O)Cc1ccccc1F. The van der Waals surface area contributed by atoms with Crippen molar-refractivity contribution in [3.63, 3.8) is 0 Å². The third kappa shape index (κ3) is 6.17. The standard InChI is InChI=1S/C26H26ClFN2O2/c1-2-29-26(32)24(16-19-10-4-3-5-11-19)30(18-21-13-6-8-14-22(21)27)25(31)17-20-12-7-9-15-23(20)28/h3-15,24H,2,16-18H2,1H3,(H,29,32)/t24-/m1/s1. The molecule has 3 aromatic carbocycles. The van der Waals surface area contributed by atoms with E-state index in [1.807, 2.05) is 55.5 Å². The molecule has 0 aromatic heterocycles. The van der Waals surface area contributed by atoms with Crippen molar-refractivity contribution in [1.29, 1.82) is 0 Å². The molecule has 3 aromatic rings. The Balaban J connectivity index is 1.98. The van der Waals surface area contributed by atoms with Gasteiger partial charge in [-0.05, 0) is 35.7 Å². The summed E-state index contributed by atoms with van der Waals surface area (Å²) in [5, 5.41) is 3.34. The molecule has 0 radical (unpaired) electrons. The van der Waals surface area contributed by atoms with E-state index in [0.717, 1.165) is 11.1 Å². The fourth-order valence-electron chi connectivity index (χ4n) is 3.56. The molecular formula is C26H26ClFN2O2. The van der Waals surface area contributed by atoms with Gasteiger partial charge in [0.15, 0.2) is 0 Å². The highest BCUT2D eigenvalue weighted by molar-refractivity contribution is 6.31. The van der Waals surface area contributed by atoms with Crippen LogP contribution in [0.3, 0.4) is 0 Å². The topological polar surface area (TPSA) is 49.4 Å². The minimum absolute atomic E-state index is 0.140. The minimum atomic E-state index is -0.770. The molecule has 0 spiro atoms. The minimum Gasteiger partial charge on any atom is -0.355 e. The number of rotatable bonds is 9. The third-order valence-corrected chi connectivity index (χ3v) is 5.59. The molecule has 1 atom stereocenters. The molecule has 0 heterocycles. The van der Waals surface area contributed by atoms with Crippen molar-refractivity contribution in [3.05, 3.63) is 106 Å². The molecular weight excluding hydrogens is 427 g/mol. The van der Waals surface area contributed by atoms with Crippen molar-refractivity contribution in [2.75, 3.05) is 6.54 Å². The fourth-order valence-corrected chi connectivity index (χ4v) is 3.76. The van der Waals surface area contributed by atoms with E-state index in [-0.39, 0.29) is 30.3 Å². The van der Waals surface area contributed by atoms with Gasteiger partial charge in [-0.25, -0.2) is 4.39 Å². The molecule has 0 bridgehead atoms. The van der Waals surface area contributed by atoms with Crippen LogP contribution in [0.15, 0.2) is 78.9 Å². The molecule has 2 amide bonds. The monoisotopic (exact) mass is 452 g/mol. The van der Waals surface area contributed by atoms with Gasteiger partial charge in [0.05, 0.1) is 6.42 Å². The Morgan fingerprint density at radius 1 is 0.938 bits per heavy atom. The molecule has 0 unspecified atom stereocenters. The molecule has 3 rings (SSSR count). The number of nitrogens with one attached hydrogen (secondary N) is 1. The van der Waals surface area contributed by atoms with Crippen LogP contribution in [-0.2, 0) is 29.0 Å². The molecule has 0 saturated heterocycles. The molecule has 0 saturated carbocycles. The van der Waals surface area contributed by atoms with Crippen LogP contribution >= 0.6 is 11.6 Å². The van der Waals surface area contributed by atoms with Gasteiger partial charge in [0.1, 0.15) is 11.9 Å². The van der Waals surface area contributed by atoms with Crippen molar-refractivity contribution in [3.8, 4) is 0 Å². The Labute approximate surface area is 193 Å². The number of halogens is 2. The second kappa shape index (κ2) is 11.4. The normalized spacial score (nSPS) is 11.6. The number of benzene rings is 3. The summed E-state index contributed by atoms with van der Waals surface area (Å²) in [7, 11) is 0. The Bertz CT molecular complexity index is 1060. The van der Waals surface area contributed by atoms with Crippen molar-refractivity contribution < 1.29 is 14.0 Å². The van der Waals surface area contributed by atoms with Crippen molar-refractivity contribution in [2.24, 2.45) is 0 Å². The van der Waals surface area contributed by atoms with Gasteiger partial charge in [-0.3, -0.25) is 9.59 Å². The maximum Gasteiger partial charge on any atom is 0.243 e. The Morgan fingerprint density at radius 2 is 1.56 bits per heavy atom. The summed E-state index contributed by atoms with van der Waals surface area (Å²) in [6.07, 6.45) is 0.182. The van der Waals surface area contributed by atoms with Gasteiger partial charge in [-0.15, -0.1) is 0 Å².